The van der Waals surface area contributed by atoms with Gasteiger partial charge in [0.15, 0.2) is 0 Å². The molecule has 0 N–H and O–H groups in total. The number of allylic oxidation sites excluding steroid dienone is 1. The van der Waals surface area contributed by atoms with E-state index < -0.39 is 0 Å². The lowest BCUT2D eigenvalue weighted by Gasteiger charge is -2.03. The van der Waals surface area contributed by atoms with E-state index >= 15 is 0 Å². The molecule has 0 fully saturated rings. The van der Waals surface area contributed by atoms with Crippen LogP contribution in [0.15, 0.2) is 28.7 Å². The van der Waals surface area contributed by atoms with Crippen molar-refractivity contribution in [2.75, 3.05) is 6.61 Å². The van der Waals surface area contributed by atoms with Gasteiger partial charge in [-0.05, 0) is 53.0 Å². The Morgan fingerprint density at radius 1 is 1.56 bits per heavy atom. The van der Waals surface area contributed by atoms with Gasteiger partial charge in [-0.25, -0.2) is 9.18 Å². The number of carbonyl (C=O) groups excluding carboxylic acids is 1. The number of hydrogen-bond donors (Lipinski definition) is 0. The monoisotopic (exact) mass is 286 g/mol. The molecular weight excluding hydrogens is 275 g/mol. The number of halogens is 2. The maximum atomic E-state index is 13.0. The van der Waals surface area contributed by atoms with Crippen LogP contribution in [0.5, 0.6) is 0 Å². The Balaban J connectivity index is 2.91. The maximum Gasteiger partial charge on any atom is 0.331 e. The highest BCUT2D eigenvalue weighted by Crippen LogP contribution is 2.21. The van der Waals surface area contributed by atoms with Crippen LogP contribution in [0.4, 0.5) is 4.39 Å². The highest BCUT2D eigenvalue weighted by atomic mass is 79.9. The summed E-state index contributed by atoms with van der Waals surface area (Å²) >= 11 is 3.09. The van der Waals surface area contributed by atoms with E-state index in [9.17, 15) is 9.18 Å². The molecule has 0 bridgehead atoms. The maximum absolute atomic E-state index is 13.0. The van der Waals surface area contributed by atoms with E-state index in [1.807, 2.05) is 0 Å². The number of carbonyl (C=O) groups is 1. The van der Waals surface area contributed by atoms with Gasteiger partial charge in [0.1, 0.15) is 5.82 Å². The van der Waals surface area contributed by atoms with E-state index in [4.69, 9.17) is 4.74 Å². The molecule has 0 radical (unpaired) electrons. The standard InChI is InChI=1S/C12H12BrFO2/c1-3-16-12(15)6-8(2)9-4-5-11(14)10(13)7-9/h4-7H,3H2,1-2H3/b8-6+. The smallest absolute Gasteiger partial charge is 0.331 e. The van der Waals surface area contributed by atoms with Crippen molar-refractivity contribution in [2.45, 2.75) is 13.8 Å². The lowest BCUT2D eigenvalue weighted by Crippen LogP contribution is -2.00. The van der Waals surface area contributed by atoms with Gasteiger partial charge in [0.25, 0.3) is 0 Å². The summed E-state index contributed by atoms with van der Waals surface area (Å²) in [5.74, 6) is -0.715. The number of esters is 1. The molecule has 0 aliphatic carbocycles. The van der Waals surface area contributed by atoms with Crippen molar-refractivity contribution < 1.29 is 13.9 Å². The van der Waals surface area contributed by atoms with E-state index in [1.165, 1.54) is 12.1 Å². The largest absolute Gasteiger partial charge is 0.463 e. The number of ether oxygens (including phenoxy) is 1. The molecule has 0 aromatic heterocycles. The van der Waals surface area contributed by atoms with E-state index in [1.54, 1.807) is 26.0 Å². The van der Waals surface area contributed by atoms with E-state index in [-0.39, 0.29) is 11.8 Å². The Bertz CT molecular complexity index is 427. The van der Waals surface area contributed by atoms with Gasteiger partial charge in [0.05, 0.1) is 11.1 Å². The molecule has 0 aliphatic rings. The van der Waals surface area contributed by atoms with Crippen molar-refractivity contribution in [1.82, 2.24) is 0 Å². The van der Waals surface area contributed by atoms with E-state index in [2.05, 4.69) is 15.9 Å². The topological polar surface area (TPSA) is 26.3 Å². The lowest BCUT2D eigenvalue weighted by atomic mass is 10.1. The Kier molecular flexibility index (Phi) is 4.68. The molecule has 4 heteroatoms. The van der Waals surface area contributed by atoms with Crippen LogP contribution in [0.3, 0.4) is 0 Å². The third-order valence-corrected chi connectivity index (χ3v) is 2.60. The van der Waals surface area contributed by atoms with Gasteiger partial charge >= 0.3 is 5.97 Å². The molecule has 0 heterocycles. The van der Waals surface area contributed by atoms with Crippen LogP contribution < -0.4 is 0 Å². The molecule has 0 spiro atoms. The molecule has 1 rings (SSSR count). The summed E-state index contributed by atoms with van der Waals surface area (Å²) in [7, 11) is 0. The van der Waals surface area contributed by atoms with Crippen LogP contribution >= 0.6 is 15.9 Å². The average Bonchev–Trinajstić information content (AvgIpc) is 2.22. The van der Waals surface area contributed by atoms with Gasteiger partial charge in [0, 0.05) is 6.08 Å². The molecule has 1 aromatic carbocycles. The van der Waals surface area contributed by atoms with E-state index in [0.717, 1.165) is 11.1 Å². The Hall–Kier alpha value is -1.16. The zero-order valence-electron chi connectivity index (χ0n) is 9.09. The third kappa shape index (κ3) is 3.45. The van der Waals surface area contributed by atoms with E-state index in [0.29, 0.717) is 11.1 Å². The first-order chi connectivity index (χ1) is 7.54. The molecule has 1 aromatic rings. The van der Waals surface area contributed by atoms with Crippen LogP contribution in [-0.4, -0.2) is 12.6 Å². The van der Waals surface area contributed by atoms with Crippen molar-refractivity contribution >= 4 is 27.5 Å². The Morgan fingerprint density at radius 2 is 2.25 bits per heavy atom. The lowest BCUT2D eigenvalue weighted by molar-refractivity contribution is -0.137. The highest BCUT2D eigenvalue weighted by Gasteiger charge is 2.04. The second-order valence-electron chi connectivity index (χ2n) is 3.21. The first kappa shape index (κ1) is 12.9. The Labute approximate surface area is 102 Å². The fraction of sp³-hybridized carbons (Fsp3) is 0.250. The molecule has 0 saturated heterocycles. The van der Waals surface area contributed by atoms with Crippen molar-refractivity contribution in [3.63, 3.8) is 0 Å². The van der Waals surface area contributed by atoms with Crippen LogP contribution in [0, 0.1) is 5.82 Å². The molecule has 86 valence electrons. The minimum atomic E-state index is -0.388. The first-order valence-electron chi connectivity index (χ1n) is 4.85. The Morgan fingerprint density at radius 3 is 2.81 bits per heavy atom. The zero-order valence-corrected chi connectivity index (χ0v) is 10.7. The summed E-state index contributed by atoms with van der Waals surface area (Å²) in [5.41, 5.74) is 1.51. The van der Waals surface area contributed by atoms with Crippen LogP contribution in [0.25, 0.3) is 5.57 Å². The number of hydrogen-bond acceptors (Lipinski definition) is 2. The first-order valence-corrected chi connectivity index (χ1v) is 5.64. The highest BCUT2D eigenvalue weighted by molar-refractivity contribution is 9.10. The SMILES string of the molecule is CCOC(=O)/C=C(\C)c1ccc(F)c(Br)c1. The van der Waals surface area contributed by atoms with Crippen LogP contribution in [0.1, 0.15) is 19.4 Å². The minimum Gasteiger partial charge on any atom is -0.463 e. The molecule has 0 saturated carbocycles. The van der Waals surface area contributed by atoms with Crippen LogP contribution in [0.2, 0.25) is 0 Å². The predicted molar refractivity (Wildman–Crippen MR) is 64.4 cm³/mol. The molecule has 2 nitrogen and oxygen atoms in total. The van der Waals surface area contributed by atoms with Gasteiger partial charge in [-0.2, -0.15) is 0 Å². The van der Waals surface area contributed by atoms with Gasteiger partial charge in [-0.3, -0.25) is 0 Å². The fourth-order valence-corrected chi connectivity index (χ4v) is 1.56. The molecule has 0 atom stereocenters. The van der Waals surface area contributed by atoms with Crippen molar-refractivity contribution in [1.29, 1.82) is 0 Å². The van der Waals surface area contributed by atoms with Crippen molar-refractivity contribution in [2.24, 2.45) is 0 Å². The molecule has 0 unspecified atom stereocenters. The van der Waals surface area contributed by atoms with Gasteiger partial charge in [0.2, 0.25) is 0 Å². The van der Waals surface area contributed by atoms with Crippen LogP contribution in [-0.2, 0) is 9.53 Å². The summed E-state index contributed by atoms with van der Waals surface area (Å²) in [4.78, 5) is 11.2. The van der Waals surface area contributed by atoms with Crippen molar-refractivity contribution in [3.8, 4) is 0 Å². The third-order valence-electron chi connectivity index (χ3n) is 2.00. The number of rotatable bonds is 3. The summed E-state index contributed by atoms with van der Waals surface area (Å²) in [5, 5.41) is 0. The van der Waals surface area contributed by atoms with Gasteiger partial charge in [-0.15, -0.1) is 0 Å². The minimum absolute atomic E-state index is 0.326. The summed E-state index contributed by atoms with van der Waals surface area (Å²) in [6.45, 7) is 3.86. The second-order valence-corrected chi connectivity index (χ2v) is 4.06. The van der Waals surface area contributed by atoms with Crippen molar-refractivity contribution in [3.05, 3.63) is 40.1 Å². The quantitative estimate of drug-likeness (QED) is 0.627. The average molecular weight is 287 g/mol. The zero-order chi connectivity index (χ0) is 12.1. The molecular formula is C12H12BrFO2. The normalized spacial score (nSPS) is 11.4. The van der Waals surface area contributed by atoms with Gasteiger partial charge < -0.3 is 4.74 Å². The predicted octanol–water partition coefficient (Wildman–Crippen LogP) is 3.55. The summed E-state index contributed by atoms with van der Waals surface area (Å²) in [6.07, 6.45) is 1.39. The van der Waals surface area contributed by atoms with Gasteiger partial charge in [-0.1, -0.05) is 6.07 Å². The fourth-order valence-electron chi connectivity index (χ4n) is 1.19. The molecule has 0 aliphatic heterocycles. The number of benzene rings is 1. The molecule has 16 heavy (non-hydrogen) atoms. The summed E-state index contributed by atoms with van der Waals surface area (Å²) < 4.78 is 18.2. The second kappa shape index (κ2) is 5.80. The molecule has 0 amide bonds. The summed E-state index contributed by atoms with van der Waals surface area (Å²) in [6, 6.07) is 4.59.